The van der Waals surface area contributed by atoms with Gasteiger partial charge in [0.25, 0.3) is 0 Å². The summed E-state index contributed by atoms with van der Waals surface area (Å²) in [6.07, 6.45) is 1.78. The zero-order valence-corrected chi connectivity index (χ0v) is 20.5. The number of pyridine rings is 1. The number of aromatic nitrogens is 2. The molecule has 4 aromatic rings. The summed E-state index contributed by atoms with van der Waals surface area (Å²) in [7, 11) is 0. The van der Waals surface area contributed by atoms with Crippen molar-refractivity contribution >= 4 is 23.0 Å². The van der Waals surface area contributed by atoms with Crippen molar-refractivity contribution in [3.8, 4) is 5.69 Å². The maximum Gasteiger partial charge on any atom is 0.174 e. The molecule has 1 aliphatic rings. The largest absolute Gasteiger partial charge is 0.351 e. The lowest BCUT2D eigenvalue weighted by Crippen LogP contribution is -2.30. The van der Waals surface area contributed by atoms with Crippen LogP contribution < -0.4 is 10.2 Å². The highest BCUT2D eigenvalue weighted by Gasteiger charge is 2.43. The molecule has 6 heteroatoms. The van der Waals surface area contributed by atoms with E-state index < -0.39 is 0 Å². The minimum Gasteiger partial charge on any atom is -0.351 e. The summed E-state index contributed by atoms with van der Waals surface area (Å²) < 4.78 is 17.3. The molecule has 2 atom stereocenters. The number of benzene rings is 2. The van der Waals surface area contributed by atoms with E-state index in [0.29, 0.717) is 10.8 Å². The lowest BCUT2D eigenvalue weighted by molar-refractivity contribution is 0.556. The molecule has 4 nitrogen and oxygen atoms in total. The Morgan fingerprint density at radius 2 is 1.62 bits per heavy atom. The van der Waals surface area contributed by atoms with E-state index >= 15 is 4.39 Å². The first-order valence-corrected chi connectivity index (χ1v) is 11.8. The van der Waals surface area contributed by atoms with Gasteiger partial charge in [-0.15, -0.1) is 0 Å². The monoisotopic (exact) mass is 470 g/mol. The van der Waals surface area contributed by atoms with Crippen LogP contribution in [0.5, 0.6) is 0 Å². The summed E-state index contributed by atoms with van der Waals surface area (Å²) in [5, 5.41) is 3.92. The van der Waals surface area contributed by atoms with E-state index in [4.69, 9.17) is 12.2 Å². The van der Waals surface area contributed by atoms with E-state index in [1.165, 1.54) is 17.2 Å². The molecule has 1 aliphatic heterocycles. The van der Waals surface area contributed by atoms with Gasteiger partial charge in [0.15, 0.2) is 5.11 Å². The summed E-state index contributed by atoms with van der Waals surface area (Å²) in [5.41, 5.74) is 8.18. The highest BCUT2D eigenvalue weighted by molar-refractivity contribution is 7.80. The van der Waals surface area contributed by atoms with Crippen molar-refractivity contribution in [3.05, 3.63) is 113 Å². The molecular weight excluding hydrogens is 443 g/mol. The van der Waals surface area contributed by atoms with Crippen molar-refractivity contribution < 1.29 is 4.39 Å². The molecule has 1 N–H and O–H groups in total. The molecule has 0 amide bonds. The Hall–Kier alpha value is -3.51. The fraction of sp³-hybridized carbons (Fsp3) is 0.214. The fourth-order valence-electron chi connectivity index (χ4n) is 5.14. The van der Waals surface area contributed by atoms with Gasteiger partial charge >= 0.3 is 0 Å². The average Bonchev–Trinajstić information content (AvgIpc) is 3.29. The van der Waals surface area contributed by atoms with Gasteiger partial charge in [0.05, 0.1) is 23.5 Å². The Morgan fingerprint density at radius 3 is 2.29 bits per heavy atom. The van der Waals surface area contributed by atoms with Gasteiger partial charge in [-0.3, -0.25) is 4.98 Å². The molecule has 0 radical (unpaired) electrons. The number of aryl methyl sites for hydroxylation is 3. The minimum absolute atomic E-state index is 0.221. The Labute approximate surface area is 205 Å². The maximum absolute atomic E-state index is 15.0. The normalized spacial score (nSPS) is 17.8. The Kier molecular flexibility index (Phi) is 5.70. The molecule has 0 bridgehead atoms. The molecule has 172 valence electrons. The highest BCUT2D eigenvalue weighted by Crippen LogP contribution is 2.44. The maximum atomic E-state index is 15.0. The van der Waals surface area contributed by atoms with Crippen LogP contribution >= 0.6 is 12.2 Å². The number of thiocarbonyl (C=S) groups is 1. The first kappa shape index (κ1) is 22.3. The van der Waals surface area contributed by atoms with Crippen molar-refractivity contribution in [1.82, 2.24) is 14.9 Å². The molecule has 5 rings (SSSR count). The number of hydrogen-bond donors (Lipinski definition) is 1. The van der Waals surface area contributed by atoms with Crippen molar-refractivity contribution in [2.45, 2.75) is 39.8 Å². The number of rotatable bonds is 4. The average molecular weight is 471 g/mol. The van der Waals surface area contributed by atoms with Crippen LogP contribution in [0.4, 0.5) is 10.1 Å². The number of halogens is 1. The van der Waals surface area contributed by atoms with Crippen LogP contribution in [-0.4, -0.2) is 14.7 Å². The van der Waals surface area contributed by atoms with Crippen LogP contribution in [0, 0.1) is 33.5 Å². The fourth-order valence-corrected chi connectivity index (χ4v) is 5.48. The molecule has 0 saturated carbocycles. The Bertz CT molecular complexity index is 1360. The van der Waals surface area contributed by atoms with Gasteiger partial charge in [0, 0.05) is 23.3 Å². The van der Waals surface area contributed by atoms with Crippen molar-refractivity contribution in [1.29, 1.82) is 0 Å². The quantitative estimate of drug-likeness (QED) is 0.349. The third kappa shape index (κ3) is 3.78. The smallest absolute Gasteiger partial charge is 0.174 e. The summed E-state index contributed by atoms with van der Waals surface area (Å²) in [6.45, 7) is 8.46. The number of para-hydroxylation sites is 1. The topological polar surface area (TPSA) is 33.1 Å². The zero-order chi connectivity index (χ0) is 24.0. The van der Waals surface area contributed by atoms with E-state index in [9.17, 15) is 0 Å². The predicted molar refractivity (Wildman–Crippen MR) is 139 cm³/mol. The third-order valence-electron chi connectivity index (χ3n) is 6.46. The van der Waals surface area contributed by atoms with Crippen LogP contribution in [0.2, 0.25) is 0 Å². The van der Waals surface area contributed by atoms with E-state index in [-0.39, 0.29) is 17.9 Å². The summed E-state index contributed by atoms with van der Waals surface area (Å²) in [4.78, 5) is 6.51. The van der Waals surface area contributed by atoms with Gasteiger partial charge < -0.3 is 14.8 Å². The first-order chi connectivity index (χ1) is 16.3. The zero-order valence-electron chi connectivity index (χ0n) is 19.7. The number of nitrogens with zero attached hydrogens (tertiary/aromatic N) is 3. The lowest BCUT2D eigenvalue weighted by Gasteiger charge is -2.28. The summed E-state index contributed by atoms with van der Waals surface area (Å²) in [6, 6.07) is 20.9. The predicted octanol–water partition coefficient (Wildman–Crippen LogP) is 6.42. The SMILES string of the molecule is Cc1cc(C)cc(-n2c(C)cc(C3C(c4ccccn4)NC(=S)N3c3ccccc3F)c2C)c1. The molecular formula is C28H27FN4S. The lowest BCUT2D eigenvalue weighted by atomic mass is 9.96. The number of anilines is 1. The van der Waals surface area contributed by atoms with E-state index in [1.54, 1.807) is 18.3 Å². The van der Waals surface area contributed by atoms with Crippen LogP contribution in [0.1, 0.15) is 45.9 Å². The minimum atomic E-state index is -0.304. The van der Waals surface area contributed by atoms with Crippen molar-refractivity contribution in [2.24, 2.45) is 0 Å². The van der Waals surface area contributed by atoms with Gasteiger partial charge in [-0.25, -0.2) is 4.39 Å². The summed E-state index contributed by atoms with van der Waals surface area (Å²) >= 11 is 5.76. The molecule has 0 aliphatic carbocycles. The van der Waals surface area contributed by atoms with Crippen molar-refractivity contribution in [3.63, 3.8) is 0 Å². The van der Waals surface area contributed by atoms with Crippen LogP contribution in [0.15, 0.2) is 72.9 Å². The summed E-state index contributed by atoms with van der Waals surface area (Å²) in [5.74, 6) is -0.304. The second kappa shape index (κ2) is 8.69. The standard InChI is InChI=1S/C28H27FN4S/c1-17-13-18(2)15-21(14-17)32-19(3)16-22(20(32)4)27-26(24-10-7-8-12-30-24)31-28(34)33(27)25-11-6-5-9-23(25)29/h5-16,26-27H,1-4H3,(H,31,34). The van der Waals surface area contributed by atoms with E-state index in [1.807, 2.05) is 29.2 Å². The number of hydrogen-bond acceptors (Lipinski definition) is 2. The van der Waals surface area contributed by atoms with Gasteiger partial charge in [0.2, 0.25) is 0 Å². The first-order valence-electron chi connectivity index (χ1n) is 11.4. The molecule has 1 saturated heterocycles. The Balaban J connectivity index is 1.71. The second-order valence-corrected chi connectivity index (χ2v) is 9.34. The third-order valence-corrected chi connectivity index (χ3v) is 6.78. The molecule has 34 heavy (non-hydrogen) atoms. The van der Waals surface area contributed by atoms with Crippen LogP contribution in [0.3, 0.4) is 0 Å². The molecule has 2 aromatic heterocycles. The van der Waals surface area contributed by atoms with Gasteiger partial charge in [0.1, 0.15) is 5.82 Å². The van der Waals surface area contributed by atoms with Crippen molar-refractivity contribution in [2.75, 3.05) is 4.90 Å². The Morgan fingerprint density at radius 1 is 0.912 bits per heavy atom. The van der Waals surface area contributed by atoms with E-state index in [2.05, 4.69) is 66.8 Å². The van der Waals surface area contributed by atoms with Crippen LogP contribution in [-0.2, 0) is 0 Å². The van der Waals surface area contributed by atoms with Gasteiger partial charge in [-0.2, -0.15) is 0 Å². The molecule has 2 unspecified atom stereocenters. The highest BCUT2D eigenvalue weighted by atomic mass is 32.1. The molecule has 0 spiro atoms. The van der Waals surface area contributed by atoms with Gasteiger partial charge in [-0.1, -0.05) is 24.3 Å². The number of nitrogens with one attached hydrogen (secondary N) is 1. The van der Waals surface area contributed by atoms with Gasteiger partial charge in [-0.05, 0) is 99.1 Å². The molecule has 2 aromatic carbocycles. The van der Waals surface area contributed by atoms with Crippen LogP contribution in [0.25, 0.3) is 5.69 Å². The molecule has 3 heterocycles. The van der Waals surface area contributed by atoms with E-state index in [0.717, 1.165) is 28.3 Å². The molecule has 1 fully saturated rings. The second-order valence-electron chi connectivity index (χ2n) is 8.96.